The normalized spacial score (nSPS) is 13.1. The zero-order valence-corrected chi connectivity index (χ0v) is 14.9. The molecule has 6 nitrogen and oxygen atoms in total. The van der Waals surface area contributed by atoms with E-state index >= 15 is 0 Å². The number of carboxylic acid groups (broad SMARTS) is 1. The molecule has 0 aromatic rings. The second-order valence-electron chi connectivity index (χ2n) is 7.23. The number of hydrogen-bond acceptors (Lipinski definition) is 3. The van der Waals surface area contributed by atoms with Gasteiger partial charge >= 0.3 is 5.97 Å². The molecule has 0 aromatic heterocycles. The third-order valence-corrected chi connectivity index (χ3v) is 4.45. The van der Waals surface area contributed by atoms with Crippen molar-refractivity contribution in [3.05, 3.63) is 12.7 Å². The predicted octanol–water partition coefficient (Wildman–Crippen LogP) is 2.10. The molecule has 2 amide bonds. The van der Waals surface area contributed by atoms with Crippen LogP contribution in [0.2, 0.25) is 0 Å². The molecule has 0 aliphatic rings. The van der Waals surface area contributed by atoms with E-state index in [1.807, 2.05) is 34.6 Å². The maximum Gasteiger partial charge on any atom is 0.326 e. The van der Waals surface area contributed by atoms with Crippen LogP contribution in [0.15, 0.2) is 12.7 Å². The van der Waals surface area contributed by atoms with Crippen LogP contribution in [0.4, 0.5) is 0 Å². The Balaban J connectivity index is 4.21. The highest BCUT2D eigenvalue weighted by molar-refractivity contribution is 5.90. The van der Waals surface area contributed by atoms with Crippen LogP contribution in [0.3, 0.4) is 0 Å². The van der Waals surface area contributed by atoms with Crippen LogP contribution in [0.25, 0.3) is 0 Å². The third kappa shape index (κ3) is 6.84. The molecule has 1 atom stereocenters. The molecule has 0 fully saturated rings. The van der Waals surface area contributed by atoms with E-state index in [2.05, 4.69) is 17.2 Å². The van der Waals surface area contributed by atoms with Gasteiger partial charge < -0.3 is 15.7 Å². The lowest BCUT2D eigenvalue weighted by Gasteiger charge is -2.37. The van der Waals surface area contributed by atoms with Crippen molar-refractivity contribution in [3.8, 4) is 0 Å². The van der Waals surface area contributed by atoms with Crippen molar-refractivity contribution in [3.63, 3.8) is 0 Å². The molecule has 0 saturated heterocycles. The molecule has 0 saturated carbocycles. The van der Waals surface area contributed by atoms with Crippen molar-refractivity contribution in [2.75, 3.05) is 6.54 Å². The quantitative estimate of drug-likeness (QED) is 0.446. The van der Waals surface area contributed by atoms with Gasteiger partial charge in [0.2, 0.25) is 11.8 Å². The van der Waals surface area contributed by atoms with Gasteiger partial charge in [0.1, 0.15) is 6.04 Å². The van der Waals surface area contributed by atoms with E-state index in [4.69, 9.17) is 5.11 Å². The maximum atomic E-state index is 12.2. The lowest BCUT2D eigenvalue weighted by molar-refractivity contribution is -0.141. The van der Waals surface area contributed by atoms with Gasteiger partial charge in [0.15, 0.2) is 0 Å². The minimum absolute atomic E-state index is 0.0141. The highest BCUT2D eigenvalue weighted by Gasteiger charge is 2.39. The molecule has 0 aliphatic carbocycles. The van der Waals surface area contributed by atoms with Gasteiger partial charge in [0.05, 0.1) is 0 Å². The van der Waals surface area contributed by atoms with Gasteiger partial charge in [-0.2, -0.15) is 0 Å². The van der Waals surface area contributed by atoms with Crippen LogP contribution in [-0.4, -0.2) is 35.5 Å². The molecule has 0 rings (SSSR count). The molecule has 0 radical (unpaired) electrons. The summed E-state index contributed by atoms with van der Waals surface area (Å²) >= 11 is 0. The lowest BCUT2D eigenvalue weighted by Crippen LogP contribution is -2.45. The second-order valence-corrected chi connectivity index (χ2v) is 7.23. The topological polar surface area (TPSA) is 95.5 Å². The molecule has 0 aliphatic heterocycles. The van der Waals surface area contributed by atoms with Crippen LogP contribution >= 0.6 is 0 Å². The van der Waals surface area contributed by atoms with Gasteiger partial charge in [-0.25, -0.2) is 4.79 Å². The Morgan fingerprint density at radius 1 is 1.13 bits per heavy atom. The molecule has 6 heteroatoms. The Kier molecular flexibility index (Phi) is 8.00. The minimum atomic E-state index is -1.07. The molecule has 3 N–H and O–H groups in total. The van der Waals surface area contributed by atoms with Crippen LogP contribution < -0.4 is 10.6 Å². The van der Waals surface area contributed by atoms with E-state index in [0.29, 0.717) is 25.8 Å². The summed E-state index contributed by atoms with van der Waals surface area (Å²) in [6.07, 6.45) is 2.60. The molecule has 132 valence electrons. The number of hydrogen-bond donors (Lipinski definition) is 3. The summed E-state index contributed by atoms with van der Waals surface area (Å²) in [4.78, 5) is 34.4. The van der Waals surface area contributed by atoms with Crippen molar-refractivity contribution in [2.45, 2.75) is 59.9 Å². The van der Waals surface area contributed by atoms with E-state index in [1.165, 1.54) is 0 Å². The van der Waals surface area contributed by atoms with Gasteiger partial charge in [0.25, 0.3) is 0 Å². The van der Waals surface area contributed by atoms with Gasteiger partial charge in [-0.3, -0.25) is 9.59 Å². The monoisotopic (exact) mass is 326 g/mol. The average Bonchev–Trinajstić information content (AvgIpc) is 2.43. The number of carboxylic acids is 1. The summed E-state index contributed by atoms with van der Waals surface area (Å²) in [5, 5.41) is 14.3. The molecule has 0 bridgehead atoms. The first-order chi connectivity index (χ1) is 10.4. The van der Waals surface area contributed by atoms with Gasteiger partial charge in [0, 0.05) is 12.0 Å². The first-order valence-corrected chi connectivity index (χ1v) is 7.87. The minimum Gasteiger partial charge on any atom is -0.480 e. The standard InChI is InChI=1S/C17H30N2O4/c1-7-13(20)19-12(14(21)22)10-8-9-11-18-15(23)17(5,6)16(2,3)4/h7,12H,1,8-11H2,2-6H3,(H,18,23)(H,19,20)(H,21,22). The fourth-order valence-corrected chi connectivity index (χ4v) is 1.72. The highest BCUT2D eigenvalue weighted by atomic mass is 16.4. The number of carbonyl (C=O) groups excluding carboxylic acids is 2. The number of amides is 2. The zero-order valence-electron chi connectivity index (χ0n) is 14.9. The summed E-state index contributed by atoms with van der Waals surface area (Å²) in [5.74, 6) is -1.59. The number of aliphatic carboxylic acids is 1. The molecule has 0 spiro atoms. The molecule has 0 heterocycles. The van der Waals surface area contributed by atoms with Crippen molar-refractivity contribution in [2.24, 2.45) is 10.8 Å². The maximum absolute atomic E-state index is 12.2. The second kappa shape index (κ2) is 8.70. The van der Waals surface area contributed by atoms with E-state index in [9.17, 15) is 14.4 Å². The Morgan fingerprint density at radius 3 is 2.13 bits per heavy atom. The molecule has 23 heavy (non-hydrogen) atoms. The van der Waals surface area contributed by atoms with Gasteiger partial charge in [-0.15, -0.1) is 0 Å². The van der Waals surface area contributed by atoms with E-state index in [0.717, 1.165) is 6.08 Å². The summed E-state index contributed by atoms with van der Waals surface area (Å²) in [7, 11) is 0. The van der Waals surface area contributed by atoms with Crippen LogP contribution in [0.5, 0.6) is 0 Å². The molecule has 1 unspecified atom stereocenters. The third-order valence-electron chi connectivity index (χ3n) is 4.45. The van der Waals surface area contributed by atoms with Crippen molar-refractivity contribution < 1.29 is 19.5 Å². The Labute approximate surface area is 138 Å². The SMILES string of the molecule is C=CC(=O)NC(CCCCNC(=O)C(C)(C)C(C)(C)C)C(=O)O. The van der Waals surface area contributed by atoms with Crippen LogP contribution in [0, 0.1) is 10.8 Å². The molecule has 0 aromatic carbocycles. The Morgan fingerprint density at radius 2 is 1.70 bits per heavy atom. The summed E-state index contributed by atoms with van der Waals surface area (Å²) in [6.45, 7) is 13.7. The smallest absolute Gasteiger partial charge is 0.326 e. The van der Waals surface area contributed by atoms with E-state index in [1.54, 1.807) is 0 Å². The first kappa shape index (κ1) is 21.1. The average molecular weight is 326 g/mol. The predicted molar refractivity (Wildman–Crippen MR) is 89.9 cm³/mol. The van der Waals surface area contributed by atoms with E-state index in [-0.39, 0.29) is 11.3 Å². The lowest BCUT2D eigenvalue weighted by atomic mass is 9.69. The first-order valence-electron chi connectivity index (χ1n) is 7.87. The Hall–Kier alpha value is -1.85. The van der Waals surface area contributed by atoms with Gasteiger partial charge in [-0.05, 0) is 30.8 Å². The molecular weight excluding hydrogens is 296 g/mol. The van der Waals surface area contributed by atoms with Crippen LogP contribution in [-0.2, 0) is 14.4 Å². The fourth-order valence-electron chi connectivity index (χ4n) is 1.72. The zero-order chi connectivity index (χ0) is 18.3. The highest BCUT2D eigenvalue weighted by Crippen LogP contribution is 2.37. The largest absolute Gasteiger partial charge is 0.480 e. The van der Waals surface area contributed by atoms with Crippen molar-refractivity contribution in [1.82, 2.24) is 10.6 Å². The van der Waals surface area contributed by atoms with Crippen molar-refractivity contribution >= 4 is 17.8 Å². The fraction of sp³-hybridized carbons (Fsp3) is 0.706. The summed E-state index contributed by atoms with van der Waals surface area (Å²) in [6, 6.07) is -0.929. The number of unbranched alkanes of at least 4 members (excludes halogenated alkanes) is 1. The number of nitrogens with one attached hydrogen (secondary N) is 2. The van der Waals surface area contributed by atoms with Gasteiger partial charge in [-0.1, -0.05) is 41.2 Å². The van der Waals surface area contributed by atoms with Crippen LogP contribution in [0.1, 0.15) is 53.9 Å². The number of carbonyl (C=O) groups is 3. The molecular formula is C17H30N2O4. The summed E-state index contributed by atoms with van der Waals surface area (Å²) in [5.41, 5.74) is -0.644. The Bertz CT molecular complexity index is 450. The number of rotatable bonds is 9. The van der Waals surface area contributed by atoms with Crippen molar-refractivity contribution in [1.29, 1.82) is 0 Å². The van der Waals surface area contributed by atoms with E-state index < -0.39 is 23.3 Å². The summed E-state index contributed by atoms with van der Waals surface area (Å²) < 4.78 is 0.